The summed E-state index contributed by atoms with van der Waals surface area (Å²) in [6, 6.07) is 5.87. The fourth-order valence-corrected chi connectivity index (χ4v) is 2.48. The number of benzene rings is 1. The van der Waals surface area contributed by atoms with Crippen molar-refractivity contribution in [1.29, 1.82) is 0 Å². The van der Waals surface area contributed by atoms with Crippen LogP contribution in [0.3, 0.4) is 0 Å². The minimum Gasteiger partial charge on any atom is -0.496 e. The molecule has 0 aliphatic heterocycles. The van der Waals surface area contributed by atoms with E-state index in [4.69, 9.17) is 21.3 Å². The smallest absolute Gasteiger partial charge is 0.129 e. The van der Waals surface area contributed by atoms with Gasteiger partial charge in [-0.3, -0.25) is 0 Å². The summed E-state index contributed by atoms with van der Waals surface area (Å²) in [5.74, 6) is 1.76. The van der Waals surface area contributed by atoms with Gasteiger partial charge in [0, 0.05) is 11.9 Å². The molecule has 0 aliphatic rings. The van der Waals surface area contributed by atoms with E-state index in [0.29, 0.717) is 5.02 Å². The Kier molecular flexibility index (Phi) is 5.07. The molecule has 2 rings (SSSR count). The lowest BCUT2D eigenvalue weighted by Crippen LogP contribution is -2.06. The third-order valence-corrected chi connectivity index (χ3v) is 3.56. The predicted octanol–water partition coefficient (Wildman–Crippen LogP) is 4.67. The second kappa shape index (κ2) is 6.80. The summed E-state index contributed by atoms with van der Waals surface area (Å²) in [7, 11) is 1.67. The van der Waals surface area contributed by atoms with E-state index in [0.717, 1.165) is 48.3 Å². The van der Waals surface area contributed by atoms with E-state index >= 15 is 0 Å². The standard InChI is InChI=1S/C16H21ClN2O/c1-4-6-11-10-12-14(20-3)8-7-13(17)15(12)19-16(11)18-9-5-2/h7-8,10H,4-6,9H2,1-3H3,(H,18,19). The minimum absolute atomic E-state index is 0.656. The Morgan fingerprint density at radius 2 is 2.05 bits per heavy atom. The number of aryl methyl sites for hydroxylation is 1. The van der Waals surface area contributed by atoms with Crippen molar-refractivity contribution in [2.24, 2.45) is 0 Å². The van der Waals surface area contributed by atoms with Gasteiger partial charge >= 0.3 is 0 Å². The molecule has 1 heterocycles. The molecule has 4 heteroatoms. The number of methoxy groups -OCH3 is 1. The number of halogens is 1. The Balaban J connectivity index is 2.60. The summed E-state index contributed by atoms with van der Waals surface area (Å²) in [6.45, 7) is 5.23. The molecular formula is C16H21ClN2O. The first-order valence-corrected chi connectivity index (χ1v) is 7.49. The maximum absolute atomic E-state index is 6.28. The summed E-state index contributed by atoms with van der Waals surface area (Å²) >= 11 is 6.28. The molecule has 20 heavy (non-hydrogen) atoms. The summed E-state index contributed by atoms with van der Waals surface area (Å²) in [4.78, 5) is 4.72. The molecule has 0 bridgehead atoms. The first-order valence-electron chi connectivity index (χ1n) is 7.11. The van der Waals surface area contributed by atoms with Crippen LogP contribution in [0.1, 0.15) is 32.3 Å². The third-order valence-electron chi connectivity index (χ3n) is 3.26. The molecule has 0 atom stereocenters. The lowest BCUT2D eigenvalue weighted by atomic mass is 10.1. The van der Waals surface area contributed by atoms with E-state index < -0.39 is 0 Å². The highest BCUT2D eigenvalue weighted by Gasteiger charge is 2.12. The number of aromatic nitrogens is 1. The van der Waals surface area contributed by atoms with E-state index in [-0.39, 0.29) is 0 Å². The van der Waals surface area contributed by atoms with Crippen molar-refractivity contribution in [2.75, 3.05) is 19.0 Å². The Morgan fingerprint density at radius 1 is 1.25 bits per heavy atom. The third kappa shape index (κ3) is 2.98. The van der Waals surface area contributed by atoms with Crippen molar-refractivity contribution in [1.82, 2.24) is 4.98 Å². The lowest BCUT2D eigenvalue weighted by molar-refractivity contribution is 0.419. The van der Waals surface area contributed by atoms with Crippen LogP contribution in [-0.4, -0.2) is 18.6 Å². The molecule has 0 amide bonds. The first-order chi connectivity index (χ1) is 9.71. The minimum atomic E-state index is 0.656. The van der Waals surface area contributed by atoms with Crippen molar-refractivity contribution in [2.45, 2.75) is 33.1 Å². The van der Waals surface area contributed by atoms with Crippen LogP contribution in [0, 0.1) is 0 Å². The molecule has 2 aromatic rings. The predicted molar refractivity (Wildman–Crippen MR) is 86.1 cm³/mol. The molecule has 3 nitrogen and oxygen atoms in total. The highest BCUT2D eigenvalue weighted by molar-refractivity contribution is 6.35. The lowest BCUT2D eigenvalue weighted by Gasteiger charge is -2.14. The van der Waals surface area contributed by atoms with Gasteiger partial charge in [0.2, 0.25) is 0 Å². The molecule has 0 radical (unpaired) electrons. The van der Waals surface area contributed by atoms with Gasteiger partial charge in [-0.05, 0) is 36.6 Å². The van der Waals surface area contributed by atoms with E-state index in [1.807, 2.05) is 12.1 Å². The molecule has 0 spiro atoms. The molecule has 1 aromatic heterocycles. The van der Waals surface area contributed by atoms with Crippen LogP contribution in [0.4, 0.5) is 5.82 Å². The normalized spacial score (nSPS) is 10.8. The molecule has 108 valence electrons. The van der Waals surface area contributed by atoms with Gasteiger partial charge in [-0.1, -0.05) is 31.9 Å². The SMILES string of the molecule is CCCNc1nc2c(Cl)ccc(OC)c2cc1CCC. The summed E-state index contributed by atoms with van der Waals surface area (Å²) < 4.78 is 5.42. The zero-order valence-electron chi connectivity index (χ0n) is 12.3. The maximum Gasteiger partial charge on any atom is 0.129 e. The fraction of sp³-hybridized carbons (Fsp3) is 0.438. The van der Waals surface area contributed by atoms with Crippen molar-refractivity contribution in [3.8, 4) is 5.75 Å². The van der Waals surface area contributed by atoms with E-state index in [9.17, 15) is 0 Å². The Morgan fingerprint density at radius 3 is 2.70 bits per heavy atom. The largest absolute Gasteiger partial charge is 0.496 e. The van der Waals surface area contributed by atoms with E-state index in [2.05, 4.69) is 25.2 Å². The van der Waals surface area contributed by atoms with Gasteiger partial charge in [0.25, 0.3) is 0 Å². The second-order valence-corrected chi connectivity index (χ2v) is 5.23. The average molecular weight is 293 g/mol. The Bertz CT molecular complexity index is 599. The van der Waals surface area contributed by atoms with Crippen LogP contribution in [0.25, 0.3) is 10.9 Å². The quantitative estimate of drug-likeness (QED) is 0.840. The van der Waals surface area contributed by atoms with Crippen LogP contribution < -0.4 is 10.1 Å². The van der Waals surface area contributed by atoms with Crippen LogP contribution in [0.2, 0.25) is 5.02 Å². The highest BCUT2D eigenvalue weighted by atomic mass is 35.5. The average Bonchev–Trinajstić information content (AvgIpc) is 2.46. The Labute approximate surface area is 125 Å². The van der Waals surface area contributed by atoms with Crippen LogP contribution in [0.15, 0.2) is 18.2 Å². The molecule has 0 unspecified atom stereocenters. The molecular weight excluding hydrogens is 272 g/mol. The molecule has 0 saturated carbocycles. The van der Waals surface area contributed by atoms with Gasteiger partial charge in [0.1, 0.15) is 11.6 Å². The van der Waals surface area contributed by atoms with Gasteiger partial charge < -0.3 is 10.1 Å². The van der Waals surface area contributed by atoms with E-state index in [1.54, 1.807) is 7.11 Å². The molecule has 0 aliphatic carbocycles. The number of anilines is 1. The highest BCUT2D eigenvalue weighted by Crippen LogP contribution is 2.33. The molecule has 0 fully saturated rings. The van der Waals surface area contributed by atoms with Gasteiger partial charge in [0.15, 0.2) is 0 Å². The summed E-state index contributed by atoms with van der Waals surface area (Å²) in [5, 5.41) is 5.03. The summed E-state index contributed by atoms with van der Waals surface area (Å²) in [6.07, 6.45) is 3.14. The monoisotopic (exact) mass is 292 g/mol. The van der Waals surface area contributed by atoms with Crippen molar-refractivity contribution >= 4 is 28.3 Å². The second-order valence-electron chi connectivity index (χ2n) is 4.82. The topological polar surface area (TPSA) is 34.2 Å². The number of ether oxygens (including phenoxy) is 1. The Hall–Kier alpha value is -1.48. The van der Waals surface area contributed by atoms with Crippen molar-refractivity contribution in [3.05, 3.63) is 28.8 Å². The number of hydrogen-bond acceptors (Lipinski definition) is 3. The van der Waals surface area contributed by atoms with Crippen molar-refractivity contribution in [3.63, 3.8) is 0 Å². The number of rotatable bonds is 6. The maximum atomic E-state index is 6.28. The van der Waals surface area contributed by atoms with Gasteiger partial charge in [0.05, 0.1) is 17.6 Å². The molecule has 0 saturated heterocycles. The number of nitrogens with zero attached hydrogens (tertiary/aromatic N) is 1. The zero-order valence-corrected chi connectivity index (χ0v) is 13.0. The number of nitrogens with one attached hydrogen (secondary N) is 1. The number of hydrogen-bond donors (Lipinski definition) is 1. The fourth-order valence-electron chi connectivity index (χ4n) is 2.28. The van der Waals surface area contributed by atoms with Crippen LogP contribution in [0.5, 0.6) is 5.75 Å². The van der Waals surface area contributed by atoms with Crippen LogP contribution in [-0.2, 0) is 6.42 Å². The zero-order chi connectivity index (χ0) is 14.5. The number of pyridine rings is 1. The van der Waals surface area contributed by atoms with Gasteiger partial charge in [-0.2, -0.15) is 0 Å². The van der Waals surface area contributed by atoms with Crippen molar-refractivity contribution < 1.29 is 4.74 Å². The molecule has 1 N–H and O–H groups in total. The molecule has 1 aromatic carbocycles. The first kappa shape index (κ1) is 14.9. The number of fused-ring (bicyclic) bond motifs is 1. The van der Waals surface area contributed by atoms with Gasteiger partial charge in [-0.15, -0.1) is 0 Å². The summed E-state index contributed by atoms with van der Waals surface area (Å²) in [5.41, 5.74) is 2.01. The van der Waals surface area contributed by atoms with E-state index in [1.165, 1.54) is 5.56 Å². The van der Waals surface area contributed by atoms with Crippen LogP contribution >= 0.6 is 11.6 Å². The van der Waals surface area contributed by atoms with Gasteiger partial charge in [-0.25, -0.2) is 4.98 Å².